The van der Waals surface area contributed by atoms with Crippen LogP contribution in [0, 0.1) is 5.92 Å². The number of nitrogens with one attached hydrogen (secondary N) is 4. The number of rotatable bonds is 20. The first kappa shape index (κ1) is 39.2. The Labute approximate surface area is 262 Å². The highest BCUT2D eigenvalue weighted by atomic mass is 16.4. The SMILES string of the molecule is CC(C)CC(N)C(=O)N1CCCC1C(=O)NC(CCCCN)C(=O)NC(C(=O)NCC(=O)NC(CCC(=O)O)C(=O)O)C(C)O. The third kappa shape index (κ3) is 13.8. The van der Waals surface area contributed by atoms with Crippen molar-refractivity contribution in [2.45, 2.75) is 108 Å². The highest BCUT2D eigenvalue weighted by Crippen LogP contribution is 2.20. The van der Waals surface area contributed by atoms with E-state index in [1.165, 1.54) is 11.8 Å². The first-order valence-electron chi connectivity index (χ1n) is 15.2. The van der Waals surface area contributed by atoms with Crippen LogP contribution in [0.25, 0.3) is 0 Å². The molecule has 0 aromatic rings. The molecule has 17 nitrogen and oxygen atoms in total. The summed E-state index contributed by atoms with van der Waals surface area (Å²) in [5, 5.41) is 37.5. The van der Waals surface area contributed by atoms with Gasteiger partial charge < -0.3 is 53.0 Å². The number of hydrogen-bond donors (Lipinski definition) is 9. The predicted octanol–water partition coefficient (Wildman–Crippen LogP) is -2.62. The van der Waals surface area contributed by atoms with Gasteiger partial charge in [-0.25, -0.2) is 4.79 Å². The molecule has 0 bridgehead atoms. The summed E-state index contributed by atoms with van der Waals surface area (Å²) in [7, 11) is 0. The van der Waals surface area contributed by atoms with Crippen LogP contribution in [0.3, 0.4) is 0 Å². The first-order valence-corrected chi connectivity index (χ1v) is 15.2. The average Bonchev–Trinajstić information content (AvgIpc) is 3.45. The van der Waals surface area contributed by atoms with Gasteiger partial charge >= 0.3 is 11.9 Å². The van der Waals surface area contributed by atoms with Crippen molar-refractivity contribution in [1.82, 2.24) is 26.2 Å². The molecule has 1 fully saturated rings. The maximum absolute atomic E-state index is 13.3. The fraction of sp³-hybridized carbons (Fsp3) is 0.750. The average molecular weight is 644 g/mol. The summed E-state index contributed by atoms with van der Waals surface area (Å²) in [5.41, 5.74) is 11.7. The predicted molar refractivity (Wildman–Crippen MR) is 160 cm³/mol. The fourth-order valence-corrected chi connectivity index (χ4v) is 4.86. The number of hydrogen-bond acceptors (Lipinski definition) is 10. The number of nitrogens with two attached hydrogens (primary N) is 2. The monoisotopic (exact) mass is 643 g/mol. The number of aliphatic hydroxyl groups is 1. The summed E-state index contributed by atoms with van der Waals surface area (Å²) >= 11 is 0. The molecular formula is C28H49N7O10. The van der Waals surface area contributed by atoms with Crippen molar-refractivity contribution in [3.05, 3.63) is 0 Å². The summed E-state index contributed by atoms with van der Waals surface area (Å²) < 4.78 is 0. The topological polar surface area (TPSA) is 284 Å². The standard InChI is InChI=1S/C28H49N7O10/c1-15(2)13-17(30)27(43)35-12-6-8-20(35)25(41)33-18(7-4-5-11-29)24(40)34-23(16(3)36)26(42)31-14-21(37)32-19(28(44)45)9-10-22(38)39/h15-20,23,36H,4-14,29-30H2,1-3H3,(H,31,42)(H,32,37)(H,33,41)(H,34,40)(H,38,39)(H,44,45). The van der Waals surface area contributed by atoms with E-state index in [2.05, 4.69) is 21.3 Å². The molecule has 1 saturated heterocycles. The lowest BCUT2D eigenvalue weighted by atomic mass is 10.0. The van der Waals surface area contributed by atoms with Gasteiger partial charge in [0.1, 0.15) is 24.2 Å². The number of carbonyl (C=O) groups excluding carboxylic acids is 5. The van der Waals surface area contributed by atoms with E-state index in [0.29, 0.717) is 45.2 Å². The van der Waals surface area contributed by atoms with Crippen LogP contribution in [0.1, 0.15) is 72.1 Å². The van der Waals surface area contributed by atoms with E-state index >= 15 is 0 Å². The zero-order valence-corrected chi connectivity index (χ0v) is 26.1. The van der Waals surface area contributed by atoms with Crippen molar-refractivity contribution in [1.29, 1.82) is 0 Å². The van der Waals surface area contributed by atoms with Gasteiger partial charge in [0.25, 0.3) is 0 Å². The highest BCUT2D eigenvalue weighted by molar-refractivity contribution is 5.96. The lowest BCUT2D eigenvalue weighted by Crippen LogP contribution is -2.59. The highest BCUT2D eigenvalue weighted by Gasteiger charge is 2.38. The van der Waals surface area contributed by atoms with Crippen molar-refractivity contribution >= 4 is 41.5 Å². The van der Waals surface area contributed by atoms with Crippen molar-refractivity contribution in [3.63, 3.8) is 0 Å². The molecule has 1 rings (SSSR count). The molecule has 256 valence electrons. The van der Waals surface area contributed by atoms with E-state index in [1.807, 2.05) is 13.8 Å². The van der Waals surface area contributed by atoms with Crippen LogP contribution in [0.5, 0.6) is 0 Å². The van der Waals surface area contributed by atoms with E-state index in [1.54, 1.807) is 0 Å². The molecule has 6 unspecified atom stereocenters. The van der Waals surface area contributed by atoms with Crippen LogP contribution in [0.2, 0.25) is 0 Å². The van der Waals surface area contributed by atoms with E-state index in [-0.39, 0.29) is 24.7 Å². The Morgan fingerprint density at radius 1 is 0.911 bits per heavy atom. The molecule has 0 saturated carbocycles. The zero-order valence-electron chi connectivity index (χ0n) is 26.1. The van der Waals surface area contributed by atoms with Gasteiger partial charge in [-0.2, -0.15) is 0 Å². The molecule has 1 aliphatic rings. The number of carbonyl (C=O) groups is 7. The fourth-order valence-electron chi connectivity index (χ4n) is 4.86. The molecule has 0 aromatic heterocycles. The number of carboxylic acids is 2. The van der Waals surface area contributed by atoms with Crippen LogP contribution in [0.15, 0.2) is 0 Å². The number of amides is 5. The van der Waals surface area contributed by atoms with Crippen molar-refractivity contribution in [3.8, 4) is 0 Å². The Bertz CT molecular complexity index is 1050. The van der Waals surface area contributed by atoms with Gasteiger partial charge in [-0.05, 0) is 64.3 Å². The molecule has 17 heteroatoms. The van der Waals surface area contributed by atoms with Gasteiger partial charge in [-0.3, -0.25) is 28.8 Å². The molecule has 0 aromatic carbocycles. The number of carboxylic acid groups (broad SMARTS) is 2. The summed E-state index contributed by atoms with van der Waals surface area (Å²) in [6.45, 7) is 5.04. The van der Waals surface area contributed by atoms with Crippen LogP contribution < -0.4 is 32.7 Å². The third-order valence-corrected chi connectivity index (χ3v) is 7.23. The summed E-state index contributed by atoms with van der Waals surface area (Å²) in [6.07, 6.45) is 0.196. The molecule has 5 amide bonds. The zero-order chi connectivity index (χ0) is 34.3. The van der Waals surface area contributed by atoms with Crippen molar-refractivity contribution in [2.24, 2.45) is 17.4 Å². The molecule has 11 N–H and O–H groups in total. The number of unbranched alkanes of at least 4 members (excludes halogenated alkanes) is 1. The Morgan fingerprint density at radius 3 is 2.13 bits per heavy atom. The minimum Gasteiger partial charge on any atom is -0.481 e. The maximum Gasteiger partial charge on any atom is 0.326 e. The van der Waals surface area contributed by atoms with Crippen LogP contribution >= 0.6 is 0 Å². The van der Waals surface area contributed by atoms with E-state index in [4.69, 9.17) is 16.6 Å². The molecule has 0 aliphatic carbocycles. The Morgan fingerprint density at radius 2 is 1.58 bits per heavy atom. The lowest BCUT2D eigenvalue weighted by molar-refractivity contribution is -0.143. The Hall–Kier alpha value is -3.83. The van der Waals surface area contributed by atoms with Gasteiger partial charge in [0.2, 0.25) is 29.5 Å². The second-order valence-electron chi connectivity index (χ2n) is 11.6. The second kappa shape index (κ2) is 19.5. The van der Waals surface area contributed by atoms with Crippen LogP contribution in [-0.4, -0.2) is 118 Å². The Balaban J connectivity index is 2.92. The molecule has 0 spiro atoms. The molecule has 0 radical (unpaired) electrons. The molecular weight excluding hydrogens is 594 g/mol. The molecule has 1 aliphatic heterocycles. The summed E-state index contributed by atoms with van der Waals surface area (Å²) in [5.74, 6) is -6.15. The van der Waals surface area contributed by atoms with Crippen LogP contribution in [0.4, 0.5) is 0 Å². The number of aliphatic carboxylic acids is 2. The van der Waals surface area contributed by atoms with Crippen molar-refractivity contribution in [2.75, 3.05) is 19.6 Å². The lowest BCUT2D eigenvalue weighted by Gasteiger charge is -2.29. The smallest absolute Gasteiger partial charge is 0.326 e. The number of likely N-dealkylation sites (tertiary alicyclic amines) is 1. The van der Waals surface area contributed by atoms with Gasteiger partial charge in [-0.15, -0.1) is 0 Å². The minimum atomic E-state index is -1.56. The number of aliphatic hydroxyl groups excluding tert-OH is 1. The molecule has 6 atom stereocenters. The normalized spacial score (nSPS) is 17.8. The number of nitrogens with zero attached hydrogens (tertiary/aromatic N) is 1. The van der Waals surface area contributed by atoms with E-state index < -0.39 is 84.8 Å². The van der Waals surface area contributed by atoms with E-state index in [0.717, 1.165) is 0 Å². The molecule has 1 heterocycles. The van der Waals surface area contributed by atoms with E-state index in [9.17, 15) is 43.8 Å². The summed E-state index contributed by atoms with van der Waals surface area (Å²) in [4.78, 5) is 88.0. The van der Waals surface area contributed by atoms with Gasteiger partial charge in [0.05, 0.1) is 18.7 Å². The van der Waals surface area contributed by atoms with Crippen molar-refractivity contribution < 1.29 is 48.9 Å². The maximum atomic E-state index is 13.3. The van der Waals surface area contributed by atoms with Gasteiger partial charge in [0, 0.05) is 13.0 Å². The quantitative estimate of drug-likeness (QED) is 0.0617. The van der Waals surface area contributed by atoms with Gasteiger partial charge in [-0.1, -0.05) is 13.8 Å². The first-order chi connectivity index (χ1) is 21.1. The van der Waals surface area contributed by atoms with Crippen LogP contribution in [-0.2, 0) is 33.6 Å². The molecule has 45 heavy (non-hydrogen) atoms. The van der Waals surface area contributed by atoms with Gasteiger partial charge in [0.15, 0.2) is 0 Å². The largest absolute Gasteiger partial charge is 0.481 e. The Kier molecular flexibility index (Phi) is 17.0. The minimum absolute atomic E-state index is 0.145. The second-order valence-corrected chi connectivity index (χ2v) is 11.6. The summed E-state index contributed by atoms with van der Waals surface area (Å²) in [6, 6.07) is -5.81. The third-order valence-electron chi connectivity index (χ3n) is 7.23.